The Labute approximate surface area is 218 Å². The second-order valence-electron chi connectivity index (χ2n) is 7.79. The number of amides is 3. The lowest BCUT2D eigenvalue weighted by Crippen LogP contribution is -2.32. The Morgan fingerprint density at radius 1 is 0.865 bits per heavy atom. The lowest BCUT2D eigenvalue weighted by molar-refractivity contribution is -0.120. The molecule has 3 aromatic rings. The summed E-state index contributed by atoms with van der Waals surface area (Å²) in [5.41, 5.74) is 1.63. The Morgan fingerprint density at radius 2 is 1.51 bits per heavy atom. The van der Waals surface area contributed by atoms with Gasteiger partial charge in [0.2, 0.25) is 0 Å². The molecule has 1 aliphatic rings. The second kappa shape index (κ2) is 11.0. The van der Waals surface area contributed by atoms with E-state index in [4.69, 9.17) is 25.8 Å². The van der Waals surface area contributed by atoms with Crippen LogP contribution in [0.4, 0.5) is 17.1 Å². The maximum atomic E-state index is 13.1. The molecule has 37 heavy (non-hydrogen) atoms. The van der Waals surface area contributed by atoms with Crippen molar-refractivity contribution in [3.63, 3.8) is 0 Å². The third kappa shape index (κ3) is 5.36. The van der Waals surface area contributed by atoms with Gasteiger partial charge in [0.15, 0.2) is 0 Å². The predicted molar refractivity (Wildman–Crippen MR) is 141 cm³/mol. The summed E-state index contributed by atoms with van der Waals surface area (Å²) in [5.74, 6) is -0.149. The number of carbonyl (C=O) groups excluding carboxylic acids is 3. The number of halogens is 1. The molecule has 2 N–H and O–H groups in total. The summed E-state index contributed by atoms with van der Waals surface area (Å²) >= 11 is 6.24. The molecule has 0 atom stereocenters. The topological polar surface area (TPSA) is 106 Å². The largest absolute Gasteiger partial charge is 0.497 e. The molecule has 0 aliphatic carbocycles. The first kappa shape index (κ1) is 25.6. The van der Waals surface area contributed by atoms with Crippen LogP contribution in [0.3, 0.4) is 0 Å². The van der Waals surface area contributed by atoms with Crippen molar-refractivity contribution in [1.82, 2.24) is 0 Å². The van der Waals surface area contributed by atoms with E-state index in [-0.39, 0.29) is 28.1 Å². The van der Waals surface area contributed by atoms with Crippen LogP contribution in [0, 0.1) is 0 Å². The van der Waals surface area contributed by atoms with Gasteiger partial charge in [-0.15, -0.1) is 0 Å². The lowest BCUT2D eigenvalue weighted by atomic mass is 10.2. The molecule has 4 rings (SSSR count). The highest BCUT2D eigenvalue weighted by atomic mass is 35.5. The van der Waals surface area contributed by atoms with E-state index in [1.165, 1.54) is 14.2 Å². The molecule has 0 saturated heterocycles. The molecular formula is C27H24ClN3O6. The van der Waals surface area contributed by atoms with Crippen molar-refractivity contribution in [3.05, 3.63) is 83.0 Å². The molecular weight excluding hydrogens is 498 g/mol. The minimum Gasteiger partial charge on any atom is -0.497 e. The smallest absolute Gasteiger partial charge is 0.283 e. The third-order valence-electron chi connectivity index (χ3n) is 5.49. The Bertz CT molecular complexity index is 1370. The molecule has 1 heterocycles. The van der Waals surface area contributed by atoms with Crippen LogP contribution in [-0.2, 0) is 9.59 Å². The predicted octanol–water partition coefficient (Wildman–Crippen LogP) is 4.79. The number of carbonyl (C=O) groups is 3. The zero-order valence-electron chi connectivity index (χ0n) is 20.3. The van der Waals surface area contributed by atoms with Crippen molar-refractivity contribution < 1.29 is 28.6 Å². The van der Waals surface area contributed by atoms with Crippen molar-refractivity contribution in [2.24, 2.45) is 0 Å². The van der Waals surface area contributed by atoms with Gasteiger partial charge in [-0.3, -0.25) is 14.4 Å². The van der Waals surface area contributed by atoms with Crippen LogP contribution in [0.1, 0.15) is 17.3 Å². The molecule has 0 unspecified atom stereocenters. The lowest BCUT2D eigenvalue weighted by Gasteiger charge is -2.18. The zero-order valence-corrected chi connectivity index (χ0v) is 21.1. The van der Waals surface area contributed by atoms with E-state index in [0.29, 0.717) is 35.0 Å². The van der Waals surface area contributed by atoms with Gasteiger partial charge >= 0.3 is 0 Å². The van der Waals surface area contributed by atoms with E-state index < -0.39 is 11.8 Å². The van der Waals surface area contributed by atoms with Crippen LogP contribution in [0.15, 0.2) is 77.5 Å². The van der Waals surface area contributed by atoms with E-state index in [2.05, 4.69) is 10.6 Å². The summed E-state index contributed by atoms with van der Waals surface area (Å²) in [6.07, 6.45) is 0. The van der Waals surface area contributed by atoms with Gasteiger partial charge < -0.3 is 24.8 Å². The number of hydrogen-bond acceptors (Lipinski definition) is 7. The number of nitrogens with zero attached hydrogens (tertiary/aromatic N) is 1. The number of hydrogen-bond donors (Lipinski definition) is 2. The van der Waals surface area contributed by atoms with Crippen molar-refractivity contribution in [2.45, 2.75) is 6.92 Å². The molecule has 0 bridgehead atoms. The van der Waals surface area contributed by atoms with Gasteiger partial charge in [0.05, 0.1) is 26.5 Å². The fraction of sp³-hybridized carbons (Fsp3) is 0.148. The normalized spacial score (nSPS) is 13.0. The Morgan fingerprint density at radius 3 is 2.14 bits per heavy atom. The fourth-order valence-corrected chi connectivity index (χ4v) is 3.87. The zero-order chi connectivity index (χ0) is 26.5. The van der Waals surface area contributed by atoms with Crippen LogP contribution >= 0.6 is 11.6 Å². The number of imide groups is 1. The summed E-state index contributed by atoms with van der Waals surface area (Å²) in [5, 5.41) is 5.44. The molecule has 0 fully saturated rings. The molecule has 0 radical (unpaired) electrons. The van der Waals surface area contributed by atoms with Gasteiger partial charge in [-0.05, 0) is 67.6 Å². The van der Waals surface area contributed by atoms with Gasteiger partial charge in [-0.1, -0.05) is 11.6 Å². The Balaban J connectivity index is 1.46. The molecule has 3 amide bonds. The highest BCUT2D eigenvalue weighted by Gasteiger charge is 2.40. The van der Waals surface area contributed by atoms with E-state index in [0.717, 1.165) is 4.90 Å². The van der Waals surface area contributed by atoms with Gasteiger partial charge in [-0.2, -0.15) is 0 Å². The highest BCUT2D eigenvalue weighted by Crippen LogP contribution is 2.37. The molecule has 10 heteroatoms. The standard InChI is InChI=1S/C27H24ClN3O6/c1-4-37-19-11-9-18(10-12-19)30-25(32)16-5-7-17(8-6-16)29-24-23(28)26(33)31(27(24)34)21-14-13-20(35-2)15-22(21)36-3/h5-15,29H,4H2,1-3H3,(H,30,32). The average Bonchev–Trinajstić information content (AvgIpc) is 3.12. The molecule has 0 aromatic heterocycles. The molecule has 0 saturated carbocycles. The second-order valence-corrected chi connectivity index (χ2v) is 8.16. The van der Waals surface area contributed by atoms with Crippen molar-refractivity contribution >= 4 is 46.4 Å². The van der Waals surface area contributed by atoms with Crippen LogP contribution in [-0.4, -0.2) is 38.5 Å². The molecule has 3 aromatic carbocycles. The number of ether oxygens (including phenoxy) is 3. The summed E-state index contributed by atoms with van der Waals surface area (Å²) in [6.45, 7) is 2.45. The number of benzene rings is 3. The van der Waals surface area contributed by atoms with E-state index >= 15 is 0 Å². The van der Waals surface area contributed by atoms with Gasteiger partial charge in [0, 0.05) is 23.0 Å². The first-order valence-electron chi connectivity index (χ1n) is 11.3. The van der Waals surface area contributed by atoms with Crippen LogP contribution in [0.5, 0.6) is 17.2 Å². The van der Waals surface area contributed by atoms with E-state index in [1.807, 2.05) is 6.92 Å². The minimum atomic E-state index is -0.691. The van der Waals surface area contributed by atoms with Crippen LogP contribution in [0.25, 0.3) is 0 Å². The van der Waals surface area contributed by atoms with E-state index in [9.17, 15) is 14.4 Å². The number of anilines is 3. The summed E-state index contributed by atoms with van der Waals surface area (Å²) in [4.78, 5) is 39.5. The summed E-state index contributed by atoms with van der Waals surface area (Å²) in [6, 6.07) is 18.1. The van der Waals surface area contributed by atoms with Gasteiger partial charge in [-0.25, -0.2) is 4.90 Å². The van der Waals surface area contributed by atoms with E-state index in [1.54, 1.807) is 66.7 Å². The summed E-state index contributed by atoms with van der Waals surface area (Å²) < 4.78 is 15.9. The maximum Gasteiger partial charge on any atom is 0.283 e. The van der Waals surface area contributed by atoms with Crippen LogP contribution in [0.2, 0.25) is 0 Å². The molecule has 1 aliphatic heterocycles. The number of rotatable bonds is 9. The van der Waals surface area contributed by atoms with Gasteiger partial charge in [0.25, 0.3) is 17.7 Å². The Kier molecular flexibility index (Phi) is 7.64. The highest BCUT2D eigenvalue weighted by molar-refractivity contribution is 6.53. The monoisotopic (exact) mass is 521 g/mol. The van der Waals surface area contributed by atoms with Crippen LogP contribution < -0.4 is 29.7 Å². The van der Waals surface area contributed by atoms with Crippen molar-refractivity contribution in [3.8, 4) is 17.2 Å². The Hall–Kier alpha value is -4.50. The summed E-state index contributed by atoms with van der Waals surface area (Å²) in [7, 11) is 2.92. The number of nitrogens with one attached hydrogen (secondary N) is 2. The quantitative estimate of drug-likeness (QED) is 0.390. The first-order valence-corrected chi connectivity index (χ1v) is 11.7. The first-order chi connectivity index (χ1) is 17.9. The number of methoxy groups -OCH3 is 2. The third-order valence-corrected chi connectivity index (χ3v) is 5.85. The minimum absolute atomic E-state index is 0.0869. The van der Waals surface area contributed by atoms with Crippen molar-refractivity contribution in [2.75, 3.05) is 36.4 Å². The average molecular weight is 522 g/mol. The molecule has 9 nitrogen and oxygen atoms in total. The maximum absolute atomic E-state index is 13.1. The SMILES string of the molecule is CCOc1ccc(NC(=O)c2ccc(NC3=C(Cl)C(=O)N(c4ccc(OC)cc4OC)C3=O)cc2)cc1. The molecule has 0 spiro atoms. The van der Waals surface area contributed by atoms with Crippen molar-refractivity contribution in [1.29, 1.82) is 0 Å². The van der Waals surface area contributed by atoms with Gasteiger partial charge in [0.1, 0.15) is 28.0 Å². The molecule has 190 valence electrons. The fourth-order valence-electron chi connectivity index (χ4n) is 3.65.